The molecule has 5 nitrogen and oxygen atoms in total. The first-order chi connectivity index (χ1) is 12.5. The minimum Gasteiger partial charge on any atom is -0.330 e. The number of likely N-dealkylation sites (tertiary alicyclic amines) is 1. The number of hydrogen-bond donors (Lipinski definition) is 0. The SMILES string of the molecule is O=C(c1cccc2nncn12)N1CCCC1c1ccccc1C(F)(F)F. The highest BCUT2D eigenvalue weighted by atomic mass is 19.4. The van der Waals surface area contributed by atoms with Crippen molar-refractivity contribution in [3.63, 3.8) is 0 Å². The summed E-state index contributed by atoms with van der Waals surface area (Å²) in [7, 11) is 0. The molecular formula is C18H15F3N4O. The Balaban J connectivity index is 1.74. The van der Waals surface area contributed by atoms with E-state index in [0.29, 0.717) is 30.7 Å². The number of hydrogen-bond acceptors (Lipinski definition) is 3. The summed E-state index contributed by atoms with van der Waals surface area (Å²) in [6, 6.07) is 9.89. The topological polar surface area (TPSA) is 50.5 Å². The Hall–Kier alpha value is -2.90. The number of fused-ring (bicyclic) bond motifs is 1. The summed E-state index contributed by atoms with van der Waals surface area (Å²) in [5.74, 6) is -0.324. The van der Waals surface area contributed by atoms with E-state index in [9.17, 15) is 18.0 Å². The molecule has 1 aromatic carbocycles. The normalized spacial score (nSPS) is 17.8. The van der Waals surface area contributed by atoms with Gasteiger partial charge in [-0.2, -0.15) is 13.2 Å². The van der Waals surface area contributed by atoms with E-state index < -0.39 is 17.8 Å². The van der Waals surface area contributed by atoms with E-state index in [1.807, 2.05) is 0 Å². The number of halogens is 3. The molecule has 0 saturated carbocycles. The van der Waals surface area contributed by atoms with Gasteiger partial charge in [0.05, 0.1) is 11.6 Å². The van der Waals surface area contributed by atoms with Crippen LogP contribution in [0.25, 0.3) is 5.65 Å². The van der Waals surface area contributed by atoms with Crippen LogP contribution in [0.3, 0.4) is 0 Å². The van der Waals surface area contributed by atoms with Crippen molar-refractivity contribution in [2.24, 2.45) is 0 Å². The molecule has 1 fully saturated rings. The Kier molecular flexibility index (Phi) is 3.90. The van der Waals surface area contributed by atoms with Crippen LogP contribution in [-0.4, -0.2) is 31.9 Å². The fourth-order valence-corrected chi connectivity index (χ4v) is 3.55. The van der Waals surface area contributed by atoms with Crippen LogP contribution in [0.15, 0.2) is 48.8 Å². The summed E-state index contributed by atoms with van der Waals surface area (Å²) < 4.78 is 41.7. The molecule has 1 saturated heterocycles. The quantitative estimate of drug-likeness (QED) is 0.700. The van der Waals surface area contributed by atoms with Crippen LogP contribution in [0.2, 0.25) is 0 Å². The second kappa shape index (κ2) is 6.12. The maximum Gasteiger partial charge on any atom is 0.416 e. The highest BCUT2D eigenvalue weighted by Gasteiger charge is 2.39. The lowest BCUT2D eigenvalue weighted by Gasteiger charge is -2.27. The Labute approximate surface area is 147 Å². The summed E-state index contributed by atoms with van der Waals surface area (Å²) in [6.45, 7) is 0.411. The zero-order valence-corrected chi connectivity index (χ0v) is 13.6. The molecule has 1 amide bonds. The monoisotopic (exact) mass is 360 g/mol. The molecule has 1 atom stereocenters. The fourth-order valence-electron chi connectivity index (χ4n) is 3.55. The predicted molar refractivity (Wildman–Crippen MR) is 87.4 cm³/mol. The first-order valence-electron chi connectivity index (χ1n) is 8.22. The van der Waals surface area contributed by atoms with Crippen molar-refractivity contribution >= 4 is 11.6 Å². The number of amides is 1. The first-order valence-corrected chi connectivity index (χ1v) is 8.22. The third kappa shape index (κ3) is 2.71. The van der Waals surface area contributed by atoms with Crippen LogP contribution < -0.4 is 0 Å². The molecule has 0 radical (unpaired) electrons. The van der Waals surface area contributed by atoms with E-state index in [1.165, 1.54) is 23.4 Å². The van der Waals surface area contributed by atoms with Gasteiger partial charge in [0.15, 0.2) is 5.65 Å². The molecule has 0 spiro atoms. The van der Waals surface area contributed by atoms with Crippen LogP contribution in [0.4, 0.5) is 13.2 Å². The van der Waals surface area contributed by atoms with E-state index in [1.54, 1.807) is 28.7 Å². The minimum absolute atomic E-state index is 0.141. The molecule has 3 heterocycles. The standard InChI is InChI=1S/C18H15F3N4O/c19-18(20,21)13-6-2-1-5-12(13)14-8-4-10-24(14)17(26)15-7-3-9-16-23-22-11-25(15)16/h1-3,5-7,9,11,14H,4,8,10H2. The maximum absolute atomic E-state index is 13.4. The molecule has 0 aliphatic carbocycles. The van der Waals surface area contributed by atoms with Crippen molar-refractivity contribution in [2.45, 2.75) is 25.1 Å². The molecule has 134 valence electrons. The molecule has 26 heavy (non-hydrogen) atoms. The molecule has 1 aliphatic rings. The van der Waals surface area contributed by atoms with E-state index in [0.717, 1.165) is 6.07 Å². The van der Waals surface area contributed by atoms with Crippen molar-refractivity contribution in [3.8, 4) is 0 Å². The summed E-state index contributed by atoms with van der Waals surface area (Å²) in [6.07, 6.45) is -1.88. The summed E-state index contributed by atoms with van der Waals surface area (Å²) in [4.78, 5) is 14.6. The summed E-state index contributed by atoms with van der Waals surface area (Å²) in [5.41, 5.74) is 0.306. The average molecular weight is 360 g/mol. The number of rotatable bonds is 2. The van der Waals surface area contributed by atoms with Gasteiger partial charge in [0.1, 0.15) is 12.0 Å². The van der Waals surface area contributed by atoms with E-state index >= 15 is 0 Å². The van der Waals surface area contributed by atoms with Gasteiger partial charge >= 0.3 is 6.18 Å². The smallest absolute Gasteiger partial charge is 0.330 e. The van der Waals surface area contributed by atoms with Gasteiger partial charge in [0.2, 0.25) is 0 Å². The average Bonchev–Trinajstić information content (AvgIpc) is 3.29. The second-order valence-corrected chi connectivity index (χ2v) is 6.21. The molecule has 8 heteroatoms. The van der Waals surface area contributed by atoms with Crippen molar-refractivity contribution < 1.29 is 18.0 Å². The van der Waals surface area contributed by atoms with Gasteiger partial charge in [-0.1, -0.05) is 24.3 Å². The molecule has 0 N–H and O–H groups in total. The highest BCUT2D eigenvalue weighted by Crippen LogP contribution is 2.40. The molecule has 3 aromatic rings. The Bertz CT molecular complexity index is 966. The van der Waals surface area contributed by atoms with Crippen LogP contribution in [0.1, 0.15) is 40.5 Å². The Morgan fingerprint density at radius 3 is 2.73 bits per heavy atom. The lowest BCUT2D eigenvalue weighted by atomic mass is 9.98. The number of carbonyl (C=O) groups excluding carboxylic acids is 1. The second-order valence-electron chi connectivity index (χ2n) is 6.21. The van der Waals surface area contributed by atoms with Crippen molar-refractivity contribution in [2.75, 3.05) is 6.54 Å². The number of alkyl halides is 3. The fraction of sp³-hybridized carbons (Fsp3) is 0.278. The van der Waals surface area contributed by atoms with Crippen LogP contribution in [-0.2, 0) is 6.18 Å². The lowest BCUT2D eigenvalue weighted by molar-refractivity contribution is -0.138. The van der Waals surface area contributed by atoms with Gasteiger partial charge in [-0.05, 0) is 36.6 Å². The first kappa shape index (κ1) is 16.6. The summed E-state index contributed by atoms with van der Waals surface area (Å²) in [5, 5.41) is 7.69. The van der Waals surface area contributed by atoms with Gasteiger partial charge < -0.3 is 4.90 Å². The molecule has 1 unspecified atom stereocenters. The number of nitrogens with zero attached hydrogens (tertiary/aromatic N) is 4. The zero-order valence-electron chi connectivity index (χ0n) is 13.6. The van der Waals surface area contributed by atoms with E-state index in [4.69, 9.17) is 0 Å². The molecular weight excluding hydrogens is 345 g/mol. The van der Waals surface area contributed by atoms with Gasteiger partial charge in [0.25, 0.3) is 5.91 Å². The van der Waals surface area contributed by atoms with E-state index in [-0.39, 0.29) is 11.5 Å². The van der Waals surface area contributed by atoms with Gasteiger partial charge in [0, 0.05) is 6.54 Å². The zero-order chi connectivity index (χ0) is 18.3. The van der Waals surface area contributed by atoms with Gasteiger partial charge in [-0.3, -0.25) is 9.20 Å². The third-order valence-electron chi connectivity index (χ3n) is 4.69. The third-order valence-corrected chi connectivity index (χ3v) is 4.69. The number of aromatic nitrogens is 3. The van der Waals surface area contributed by atoms with Crippen LogP contribution >= 0.6 is 0 Å². The molecule has 0 bridgehead atoms. The van der Waals surface area contributed by atoms with Crippen molar-refractivity contribution in [1.82, 2.24) is 19.5 Å². The highest BCUT2D eigenvalue weighted by molar-refractivity contribution is 5.93. The maximum atomic E-state index is 13.4. The number of pyridine rings is 1. The predicted octanol–water partition coefficient (Wildman–Crippen LogP) is 3.73. The molecule has 4 rings (SSSR count). The number of benzene rings is 1. The summed E-state index contributed by atoms with van der Waals surface area (Å²) >= 11 is 0. The van der Waals surface area contributed by atoms with Crippen LogP contribution in [0.5, 0.6) is 0 Å². The molecule has 1 aliphatic heterocycles. The van der Waals surface area contributed by atoms with E-state index in [2.05, 4.69) is 10.2 Å². The molecule has 2 aromatic heterocycles. The van der Waals surface area contributed by atoms with Gasteiger partial charge in [-0.25, -0.2) is 0 Å². The van der Waals surface area contributed by atoms with Gasteiger partial charge in [-0.15, -0.1) is 10.2 Å². The number of carbonyl (C=O) groups is 1. The minimum atomic E-state index is -4.46. The van der Waals surface area contributed by atoms with Crippen molar-refractivity contribution in [3.05, 3.63) is 65.6 Å². The van der Waals surface area contributed by atoms with Crippen LogP contribution in [0, 0.1) is 0 Å². The Morgan fingerprint density at radius 1 is 1.12 bits per heavy atom. The largest absolute Gasteiger partial charge is 0.416 e. The lowest BCUT2D eigenvalue weighted by Crippen LogP contribution is -2.32. The Morgan fingerprint density at radius 2 is 1.92 bits per heavy atom. The van der Waals surface area contributed by atoms with Crippen molar-refractivity contribution in [1.29, 1.82) is 0 Å².